The van der Waals surface area contributed by atoms with E-state index in [4.69, 9.17) is 21.7 Å². The zero-order valence-corrected chi connectivity index (χ0v) is 15.1. The third kappa shape index (κ3) is 4.12. The molecule has 0 spiro atoms. The van der Waals surface area contributed by atoms with Gasteiger partial charge in [0, 0.05) is 18.0 Å². The second-order valence-corrected chi connectivity index (χ2v) is 5.82. The van der Waals surface area contributed by atoms with Gasteiger partial charge < -0.3 is 19.8 Å². The first-order valence-corrected chi connectivity index (χ1v) is 8.51. The zero-order chi connectivity index (χ0) is 18.4. The molecule has 0 aliphatic rings. The summed E-state index contributed by atoms with van der Waals surface area (Å²) in [5, 5.41) is 2.84. The third-order valence-corrected chi connectivity index (χ3v) is 4.02. The van der Waals surface area contributed by atoms with Crippen molar-refractivity contribution in [2.45, 2.75) is 0 Å². The van der Waals surface area contributed by atoms with Crippen LogP contribution >= 0.6 is 12.2 Å². The minimum absolute atomic E-state index is 0.226. The Hall–Kier alpha value is -3.06. The second kappa shape index (κ2) is 8.35. The van der Waals surface area contributed by atoms with Gasteiger partial charge >= 0.3 is 0 Å². The normalized spacial score (nSPS) is 10.3. The van der Waals surface area contributed by atoms with Crippen molar-refractivity contribution in [1.29, 1.82) is 0 Å². The van der Waals surface area contributed by atoms with Gasteiger partial charge in [0.25, 0.3) is 5.91 Å². The number of carbonyl (C=O) groups excluding carboxylic acids is 1. The van der Waals surface area contributed by atoms with Crippen LogP contribution in [-0.4, -0.2) is 35.7 Å². The van der Waals surface area contributed by atoms with Gasteiger partial charge in [0.15, 0.2) is 4.77 Å². The van der Waals surface area contributed by atoms with Crippen molar-refractivity contribution >= 4 is 18.1 Å². The summed E-state index contributed by atoms with van der Waals surface area (Å²) in [7, 11) is 1.60. The van der Waals surface area contributed by atoms with Crippen LogP contribution in [0, 0.1) is 4.77 Å². The van der Waals surface area contributed by atoms with E-state index in [9.17, 15) is 4.79 Å². The van der Waals surface area contributed by atoms with Crippen LogP contribution in [0.15, 0.2) is 60.8 Å². The summed E-state index contributed by atoms with van der Waals surface area (Å²) in [6.45, 7) is 0.707. The molecule has 0 bridgehead atoms. The highest BCUT2D eigenvalue weighted by Gasteiger charge is 2.13. The van der Waals surface area contributed by atoms with Gasteiger partial charge in [0.05, 0.1) is 13.7 Å². The predicted molar refractivity (Wildman–Crippen MR) is 102 cm³/mol. The number of methoxy groups -OCH3 is 1. The highest BCUT2D eigenvalue weighted by molar-refractivity contribution is 7.71. The molecule has 0 atom stereocenters. The molecule has 0 fully saturated rings. The van der Waals surface area contributed by atoms with E-state index >= 15 is 0 Å². The fraction of sp³-hybridized carbons (Fsp3) is 0.158. The Morgan fingerprint density at radius 2 is 1.92 bits per heavy atom. The van der Waals surface area contributed by atoms with Crippen molar-refractivity contribution in [2.24, 2.45) is 0 Å². The standard InChI is InChI=1S/C19H19N3O3S/c1-24-15-8-5-9-16(12-15)25-11-10-20-18(23)17-13-21-19(26)22(17)14-6-3-2-4-7-14/h2-9,12-13H,10-11H2,1H3,(H,20,23)(H,21,26). The molecule has 0 saturated carbocycles. The Morgan fingerprint density at radius 3 is 2.69 bits per heavy atom. The van der Waals surface area contributed by atoms with Crippen LogP contribution in [0.3, 0.4) is 0 Å². The van der Waals surface area contributed by atoms with Crippen molar-refractivity contribution in [3.8, 4) is 17.2 Å². The van der Waals surface area contributed by atoms with Crippen LogP contribution in [0.25, 0.3) is 5.69 Å². The SMILES string of the molecule is COc1cccc(OCCNC(=O)c2c[nH]c(=S)n2-c2ccccc2)c1. The maximum absolute atomic E-state index is 12.5. The maximum atomic E-state index is 12.5. The molecule has 0 aliphatic carbocycles. The topological polar surface area (TPSA) is 68.3 Å². The molecule has 26 heavy (non-hydrogen) atoms. The van der Waals surface area contributed by atoms with Crippen LogP contribution in [-0.2, 0) is 0 Å². The summed E-state index contributed by atoms with van der Waals surface area (Å²) in [5.74, 6) is 1.18. The lowest BCUT2D eigenvalue weighted by Crippen LogP contribution is -2.29. The molecule has 1 heterocycles. The van der Waals surface area contributed by atoms with Gasteiger partial charge in [0.1, 0.15) is 23.8 Å². The molecule has 0 saturated heterocycles. The minimum Gasteiger partial charge on any atom is -0.497 e. The largest absolute Gasteiger partial charge is 0.497 e. The molecule has 1 amide bonds. The number of carbonyl (C=O) groups is 1. The number of rotatable bonds is 7. The van der Waals surface area contributed by atoms with E-state index in [2.05, 4.69) is 10.3 Å². The number of benzene rings is 2. The van der Waals surface area contributed by atoms with E-state index in [1.54, 1.807) is 23.9 Å². The Kier molecular flexibility index (Phi) is 5.70. The van der Waals surface area contributed by atoms with E-state index in [-0.39, 0.29) is 5.91 Å². The number of aromatic nitrogens is 2. The van der Waals surface area contributed by atoms with Crippen LogP contribution in [0.5, 0.6) is 11.5 Å². The molecule has 2 N–H and O–H groups in total. The average molecular weight is 369 g/mol. The first-order valence-electron chi connectivity index (χ1n) is 8.10. The van der Waals surface area contributed by atoms with E-state index in [0.29, 0.717) is 29.4 Å². The van der Waals surface area contributed by atoms with Crippen molar-refractivity contribution in [3.05, 3.63) is 71.3 Å². The Balaban J connectivity index is 1.60. The number of imidazole rings is 1. The van der Waals surface area contributed by atoms with Crippen molar-refractivity contribution in [1.82, 2.24) is 14.9 Å². The number of nitrogens with zero attached hydrogens (tertiary/aromatic N) is 1. The minimum atomic E-state index is -0.226. The summed E-state index contributed by atoms with van der Waals surface area (Å²) in [6.07, 6.45) is 1.60. The van der Waals surface area contributed by atoms with Gasteiger partial charge in [-0.05, 0) is 36.5 Å². The van der Waals surface area contributed by atoms with Crippen LogP contribution in [0.1, 0.15) is 10.5 Å². The highest BCUT2D eigenvalue weighted by atomic mass is 32.1. The van der Waals surface area contributed by atoms with E-state index in [0.717, 1.165) is 11.4 Å². The fourth-order valence-electron chi connectivity index (χ4n) is 2.48. The van der Waals surface area contributed by atoms with Crippen LogP contribution in [0.4, 0.5) is 0 Å². The summed E-state index contributed by atoms with van der Waals surface area (Å²) in [5.41, 5.74) is 1.28. The van der Waals surface area contributed by atoms with Gasteiger partial charge in [-0.15, -0.1) is 0 Å². The molecule has 0 radical (unpaired) electrons. The van der Waals surface area contributed by atoms with Gasteiger partial charge in [-0.3, -0.25) is 9.36 Å². The highest BCUT2D eigenvalue weighted by Crippen LogP contribution is 2.18. The lowest BCUT2D eigenvalue weighted by molar-refractivity contribution is 0.0940. The number of hydrogen-bond donors (Lipinski definition) is 2. The lowest BCUT2D eigenvalue weighted by Gasteiger charge is -2.10. The van der Waals surface area contributed by atoms with Crippen LogP contribution in [0.2, 0.25) is 0 Å². The Morgan fingerprint density at radius 1 is 1.15 bits per heavy atom. The Labute approximate surface area is 156 Å². The van der Waals surface area contributed by atoms with Gasteiger partial charge in [-0.25, -0.2) is 0 Å². The number of hydrogen-bond acceptors (Lipinski definition) is 4. The number of H-pyrrole nitrogens is 1. The smallest absolute Gasteiger partial charge is 0.269 e. The summed E-state index contributed by atoms with van der Waals surface area (Å²) >= 11 is 5.29. The molecule has 0 aliphatic heterocycles. The van der Waals surface area contributed by atoms with Crippen molar-refractivity contribution in [3.63, 3.8) is 0 Å². The summed E-state index contributed by atoms with van der Waals surface area (Å²) in [4.78, 5) is 15.4. The predicted octanol–water partition coefficient (Wildman–Crippen LogP) is 3.35. The number of ether oxygens (including phenoxy) is 2. The third-order valence-electron chi connectivity index (χ3n) is 3.72. The second-order valence-electron chi connectivity index (χ2n) is 5.43. The van der Waals surface area contributed by atoms with E-state index in [1.807, 2.05) is 48.5 Å². The number of aromatic amines is 1. The average Bonchev–Trinajstić information content (AvgIpc) is 3.07. The van der Waals surface area contributed by atoms with Crippen LogP contribution < -0.4 is 14.8 Å². The molecule has 6 nitrogen and oxygen atoms in total. The molecule has 0 unspecified atom stereocenters. The molecular formula is C19H19N3O3S. The Bertz CT molecular complexity index is 934. The monoisotopic (exact) mass is 369 g/mol. The number of nitrogens with one attached hydrogen (secondary N) is 2. The van der Waals surface area contributed by atoms with E-state index < -0.39 is 0 Å². The fourth-order valence-corrected chi connectivity index (χ4v) is 2.75. The summed E-state index contributed by atoms with van der Waals surface area (Å²) in [6, 6.07) is 16.8. The number of amides is 1. The molecule has 2 aromatic carbocycles. The maximum Gasteiger partial charge on any atom is 0.269 e. The van der Waals surface area contributed by atoms with E-state index in [1.165, 1.54) is 0 Å². The van der Waals surface area contributed by atoms with Gasteiger partial charge in [-0.1, -0.05) is 24.3 Å². The molecule has 1 aromatic heterocycles. The molecule has 134 valence electrons. The van der Waals surface area contributed by atoms with Crippen molar-refractivity contribution < 1.29 is 14.3 Å². The quantitative estimate of drug-likeness (QED) is 0.495. The first-order chi connectivity index (χ1) is 12.7. The van der Waals surface area contributed by atoms with Crippen molar-refractivity contribution in [2.75, 3.05) is 20.3 Å². The molecule has 3 rings (SSSR count). The molecular weight excluding hydrogens is 350 g/mol. The molecule has 7 heteroatoms. The van der Waals surface area contributed by atoms with Gasteiger partial charge in [-0.2, -0.15) is 0 Å². The summed E-state index contributed by atoms with van der Waals surface area (Å²) < 4.78 is 12.9. The number of para-hydroxylation sites is 1. The first kappa shape index (κ1) is 17.8. The zero-order valence-electron chi connectivity index (χ0n) is 14.3. The van der Waals surface area contributed by atoms with Gasteiger partial charge in [0.2, 0.25) is 0 Å². The molecule has 3 aromatic rings. The lowest BCUT2D eigenvalue weighted by atomic mass is 10.3.